The number of piperazine rings is 1. The highest BCUT2D eigenvalue weighted by molar-refractivity contribution is 7.92. The number of amides is 3. The van der Waals surface area contributed by atoms with Gasteiger partial charge in [-0.15, -0.1) is 0 Å². The fourth-order valence-corrected chi connectivity index (χ4v) is 5.37. The van der Waals surface area contributed by atoms with Gasteiger partial charge in [0, 0.05) is 37.3 Å². The van der Waals surface area contributed by atoms with Crippen LogP contribution in [0.4, 0.5) is 4.39 Å². The van der Waals surface area contributed by atoms with E-state index >= 15 is 0 Å². The first-order valence-electron chi connectivity index (χ1n) is 11.3. The average molecular weight is 510 g/mol. The zero-order chi connectivity index (χ0) is 25.7. The van der Waals surface area contributed by atoms with Gasteiger partial charge in [0.25, 0.3) is 17.7 Å². The van der Waals surface area contributed by atoms with Crippen LogP contribution in [0.1, 0.15) is 20.7 Å². The third-order valence-electron chi connectivity index (χ3n) is 5.87. The second-order valence-electron chi connectivity index (χ2n) is 8.20. The number of nitrogens with one attached hydrogen (secondary N) is 1. The summed E-state index contributed by atoms with van der Waals surface area (Å²) in [5.74, 6) is -2.24. The Kier molecular flexibility index (Phi) is 7.44. The van der Waals surface area contributed by atoms with Gasteiger partial charge in [-0.3, -0.25) is 14.4 Å². The highest BCUT2D eigenvalue weighted by atomic mass is 32.2. The Labute approximate surface area is 208 Å². The van der Waals surface area contributed by atoms with Crippen molar-refractivity contribution in [2.24, 2.45) is 0 Å². The molecule has 0 radical (unpaired) electrons. The molecule has 3 aromatic rings. The molecule has 0 aliphatic carbocycles. The Morgan fingerprint density at radius 1 is 0.722 bits per heavy atom. The molecule has 1 aliphatic heterocycles. The van der Waals surface area contributed by atoms with E-state index in [1.54, 1.807) is 24.3 Å². The van der Waals surface area contributed by atoms with Gasteiger partial charge in [-0.25, -0.2) is 12.8 Å². The van der Waals surface area contributed by atoms with Crippen molar-refractivity contribution < 1.29 is 27.2 Å². The lowest BCUT2D eigenvalue weighted by Gasteiger charge is -2.36. The normalized spacial score (nSPS) is 14.7. The number of halogens is 1. The molecule has 1 saturated heterocycles. The van der Waals surface area contributed by atoms with Crippen LogP contribution in [-0.4, -0.2) is 67.5 Å². The zero-order valence-corrected chi connectivity index (χ0v) is 20.0. The topological polar surface area (TPSA) is 104 Å². The summed E-state index contributed by atoms with van der Waals surface area (Å²) in [6.07, 6.45) is 0. The van der Waals surface area contributed by atoms with Crippen LogP contribution in [0.2, 0.25) is 0 Å². The van der Waals surface area contributed by atoms with Crippen molar-refractivity contribution in [2.45, 2.75) is 10.3 Å². The van der Waals surface area contributed by atoms with E-state index in [0.717, 1.165) is 0 Å². The molecule has 0 bridgehead atoms. The molecule has 1 fully saturated rings. The van der Waals surface area contributed by atoms with E-state index < -0.39 is 32.8 Å². The van der Waals surface area contributed by atoms with Crippen molar-refractivity contribution in [2.75, 3.05) is 26.2 Å². The number of benzene rings is 3. The summed E-state index contributed by atoms with van der Waals surface area (Å²) >= 11 is 0. The van der Waals surface area contributed by atoms with Crippen molar-refractivity contribution in [3.05, 3.63) is 102 Å². The quantitative estimate of drug-likeness (QED) is 0.550. The predicted octanol–water partition coefficient (Wildman–Crippen LogP) is 2.34. The highest BCUT2D eigenvalue weighted by Crippen LogP contribution is 2.19. The smallest absolute Gasteiger partial charge is 0.261 e. The van der Waals surface area contributed by atoms with E-state index in [1.165, 1.54) is 70.5 Å². The van der Waals surface area contributed by atoms with Crippen LogP contribution in [0.15, 0.2) is 89.8 Å². The summed E-state index contributed by atoms with van der Waals surface area (Å²) in [4.78, 5) is 41.7. The molecule has 3 aromatic carbocycles. The molecule has 36 heavy (non-hydrogen) atoms. The van der Waals surface area contributed by atoms with Crippen molar-refractivity contribution in [1.29, 1.82) is 0 Å². The van der Waals surface area contributed by atoms with Crippen LogP contribution in [0.5, 0.6) is 0 Å². The third-order valence-corrected chi connectivity index (χ3v) is 7.74. The van der Waals surface area contributed by atoms with Crippen molar-refractivity contribution in [3.8, 4) is 0 Å². The number of carbonyl (C=O) groups excluding carboxylic acids is 3. The number of sulfone groups is 1. The maximum absolute atomic E-state index is 13.5. The van der Waals surface area contributed by atoms with Gasteiger partial charge in [-0.05, 0) is 48.5 Å². The van der Waals surface area contributed by atoms with Crippen LogP contribution in [-0.2, 0) is 14.6 Å². The number of hydrogen-bond acceptors (Lipinski definition) is 5. The fraction of sp³-hybridized carbons (Fsp3) is 0.192. The first-order valence-corrected chi connectivity index (χ1v) is 12.8. The molecule has 186 valence electrons. The standard InChI is InChI=1S/C26H24FN3O5S/c27-21-13-11-20(12-14-21)25(32)29-15-17-30(18-16-29)26(33)24(28-23(31)19-7-3-1-4-8-19)36(34,35)22-9-5-2-6-10-22/h1-14,24H,15-18H2,(H,28,31)/t24-/m0/s1. The zero-order valence-electron chi connectivity index (χ0n) is 19.2. The molecule has 0 unspecified atom stereocenters. The molecule has 0 aromatic heterocycles. The molecule has 1 heterocycles. The molecular formula is C26H24FN3O5S. The average Bonchev–Trinajstić information content (AvgIpc) is 2.92. The van der Waals surface area contributed by atoms with Gasteiger partial charge in [-0.2, -0.15) is 0 Å². The molecule has 1 N–H and O–H groups in total. The second-order valence-corrected chi connectivity index (χ2v) is 10.2. The monoisotopic (exact) mass is 509 g/mol. The van der Waals surface area contributed by atoms with Crippen molar-refractivity contribution in [3.63, 3.8) is 0 Å². The van der Waals surface area contributed by atoms with Crippen LogP contribution in [0.3, 0.4) is 0 Å². The molecule has 4 rings (SSSR count). The second kappa shape index (κ2) is 10.7. The first kappa shape index (κ1) is 25.1. The number of rotatable bonds is 6. The Hall–Kier alpha value is -4.05. The van der Waals surface area contributed by atoms with Gasteiger partial charge >= 0.3 is 0 Å². The van der Waals surface area contributed by atoms with Crippen LogP contribution >= 0.6 is 0 Å². The first-order chi connectivity index (χ1) is 17.3. The van der Waals surface area contributed by atoms with E-state index in [0.29, 0.717) is 5.56 Å². The van der Waals surface area contributed by atoms with Gasteiger partial charge in [0.2, 0.25) is 15.2 Å². The van der Waals surface area contributed by atoms with Gasteiger partial charge in [-0.1, -0.05) is 36.4 Å². The van der Waals surface area contributed by atoms with Crippen LogP contribution in [0.25, 0.3) is 0 Å². The largest absolute Gasteiger partial charge is 0.336 e. The molecule has 8 nitrogen and oxygen atoms in total. The Balaban J connectivity index is 1.53. The van der Waals surface area contributed by atoms with Crippen LogP contribution in [0, 0.1) is 5.82 Å². The van der Waals surface area contributed by atoms with E-state index in [1.807, 2.05) is 0 Å². The number of hydrogen-bond donors (Lipinski definition) is 1. The molecule has 1 aliphatic rings. The summed E-state index contributed by atoms with van der Waals surface area (Å²) in [5.41, 5.74) is 0.532. The Morgan fingerprint density at radius 2 is 1.25 bits per heavy atom. The summed E-state index contributed by atoms with van der Waals surface area (Å²) in [5, 5.41) is 0.559. The SMILES string of the molecule is O=C(N[C@H](C(=O)N1CCN(C(=O)c2ccc(F)cc2)CC1)S(=O)(=O)c1ccccc1)c1ccccc1. The summed E-state index contributed by atoms with van der Waals surface area (Å²) < 4.78 is 40.0. The van der Waals surface area contributed by atoms with Crippen molar-refractivity contribution in [1.82, 2.24) is 15.1 Å². The highest BCUT2D eigenvalue weighted by Gasteiger charge is 2.39. The molecule has 10 heteroatoms. The Bertz CT molecular complexity index is 1340. The molecular weight excluding hydrogens is 485 g/mol. The summed E-state index contributed by atoms with van der Waals surface area (Å²) in [7, 11) is -4.27. The minimum absolute atomic E-state index is 0.0772. The van der Waals surface area contributed by atoms with Crippen molar-refractivity contribution >= 4 is 27.6 Å². The minimum atomic E-state index is -4.27. The lowest BCUT2D eigenvalue weighted by Crippen LogP contribution is -2.57. The lowest BCUT2D eigenvalue weighted by molar-refractivity contribution is -0.132. The van der Waals surface area contributed by atoms with E-state index in [4.69, 9.17) is 0 Å². The molecule has 0 saturated carbocycles. The minimum Gasteiger partial charge on any atom is -0.336 e. The molecule has 3 amide bonds. The summed E-state index contributed by atoms with van der Waals surface area (Å²) in [6, 6.07) is 20.6. The van der Waals surface area contributed by atoms with E-state index in [2.05, 4.69) is 5.32 Å². The predicted molar refractivity (Wildman–Crippen MR) is 130 cm³/mol. The number of carbonyl (C=O) groups is 3. The van der Waals surface area contributed by atoms with E-state index in [-0.39, 0.29) is 42.5 Å². The van der Waals surface area contributed by atoms with Gasteiger partial charge in [0.05, 0.1) is 4.90 Å². The van der Waals surface area contributed by atoms with Gasteiger partial charge < -0.3 is 15.1 Å². The molecule has 1 atom stereocenters. The molecule has 0 spiro atoms. The fourth-order valence-electron chi connectivity index (χ4n) is 3.88. The number of nitrogens with zero attached hydrogens (tertiary/aromatic N) is 2. The van der Waals surface area contributed by atoms with E-state index in [9.17, 15) is 27.2 Å². The summed E-state index contributed by atoms with van der Waals surface area (Å²) in [6.45, 7) is 0.473. The lowest BCUT2D eigenvalue weighted by atomic mass is 10.1. The van der Waals surface area contributed by atoms with Crippen LogP contribution < -0.4 is 5.32 Å². The Morgan fingerprint density at radius 3 is 1.83 bits per heavy atom. The van der Waals surface area contributed by atoms with Gasteiger partial charge in [0.1, 0.15) is 5.82 Å². The maximum atomic E-state index is 13.5. The maximum Gasteiger partial charge on any atom is 0.261 e. The third kappa shape index (κ3) is 5.44. The van der Waals surface area contributed by atoms with Gasteiger partial charge in [0.15, 0.2) is 0 Å².